The Bertz CT molecular complexity index is 276. The maximum atomic E-state index is 5.61. The number of ether oxygens (including phenoxy) is 1. The van der Waals surface area contributed by atoms with Crippen LogP contribution < -0.4 is 0 Å². The highest BCUT2D eigenvalue weighted by Gasteiger charge is 2.23. The molecule has 0 bridgehead atoms. The fourth-order valence-corrected chi connectivity index (χ4v) is 1.58. The van der Waals surface area contributed by atoms with Crippen molar-refractivity contribution in [1.29, 1.82) is 0 Å². The van der Waals surface area contributed by atoms with E-state index in [1.807, 2.05) is 18.3 Å². The summed E-state index contributed by atoms with van der Waals surface area (Å²) < 4.78 is 5.61. The quantitative estimate of drug-likeness (QED) is 0.719. The number of likely N-dealkylation sites (tertiary alicyclic amines) is 1. The van der Waals surface area contributed by atoms with Gasteiger partial charge in [0.1, 0.15) is 0 Å². The highest BCUT2D eigenvalue weighted by Crippen LogP contribution is 2.14. The van der Waals surface area contributed by atoms with Crippen molar-refractivity contribution >= 4 is 0 Å². The first-order chi connectivity index (χ1) is 6.86. The van der Waals surface area contributed by atoms with Gasteiger partial charge in [-0.3, -0.25) is 4.98 Å². The zero-order chi connectivity index (χ0) is 9.80. The van der Waals surface area contributed by atoms with Crippen LogP contribution in [-0.4, -0.2) is 36.1 Å². The van der Waals surface area contributed by atoms with E-state index in [4.69, 9.17) is 4.74 Å². The summed E-state index contributed by atoms with van der Waals surface area (Å²) >= 11 is 0. The zero-order valence-corrected chi connectivity index (χ0v) is 8.52. The lowest BCUT2D eigenvalue weighted by Gasteiger charge is -2.37. The fourth-order valence-electron chi connectivity index (χ4n) is 1.58. The minimum absolute atomic E-state index is 0.631. The van der Waals surface area contributed by atoms with E-state index in [1.54, 1.807) is 6.20 Å². The van der Waals surface area contributed by atoms with Crippen LogP contribution in [0.15, 0.2) is 24.5 Å². The molecule has 0 amide bonds. The fraction of sp³-hybridized carbons (Fsp3) is 0.545. The molecule has 14 heavy (non-hydrogen) atoms. The van der Waals surface area contributed by atoms with Gasteiger partial charge >= 0.3 is 0 Å². The number of rotatable bonds is 4. The van der Waals surface area contributed by atoms with Gasteiger partial charge in [-0.1, -0.05) is 6.07 Å². The molecule has 3 heteroatoms. The first-order valence-corrected chi connectivity index (χ1v) is 5.03. The summed E-state index contributed by atoms with van der Waals surface area (Å²) in [6, 6.07) is 4.61. The van der Waals surface area contributed by atoms with E-state index in [9.17, 15) is 0 Å². The molecule has 1 saturated heterocycles. The Balaban J connectivity index is 1.68. The average molecular weight is 192 g/mol. The highest BCUT2D eigenvalue weighted by atomic mass is 16.5. The second kappa shape index (κ2) is 4.53. The normalized spacial score (nSPS) is 21.9. The second-order valence-corrected chi connectivity index (χ2v) is 3.80. The van der Waals surface area contributed by atoms with Crippen LogP contribution in [0.4, 0.5) is 0 Å². The number of aromatic nitrogens is 1. The Morgan fingerprint density at radius 1 is 1.64 bits per heavy atom. The molecule has 1 fully saturated rings. The van der Waals surface area contributed by atoms with E-state index in [0.717, 1.165) is 12.2 Å². The van der Waals surface area contributed by atoms with Crippen molar-refractivity contribution in [3.05, 3.63) is 30.1 Å². The topological polar surface area (TPSA) is 25.4 Å². The maximum absolute atomic E-state index is 5.61. The Kier molecular flexibility index (Phi) is 3.11. The molecule has 1 aliphatic heterocycles. The van der Waals surface area contributed by atoms with Crippen molar-refractivity contribution in [3.63, 3.8) is 0 Å². The molecular weight excluding hydrogens is 176 g/mol. The third-order valence-corrected chi connectivity index (χ3v) is 2.74. The number of nitrogens with zero attached hydrogens (tertiary/aromatic N) is 2. The van der Waals surface area contributed by atoms with Gasteiger partial charge in [0.15, 0.2) is 0 Å². The highest BCUT2D eigenvalue weighted by molar-refractivity contribution is 5.06. The van der Waals surface area contributed by atoms with Crippen molar-refractivity contribution in [2.45, 2.75) is 19.1 Å². The number of hydrogen-bond acceptors (Lipinski definition) is 3. The lowest BCUT2D eigenvalue weighted by molar-refractivity contribution is 0.0143. The van der Waals surface area contributed by atoms with Crippen LogP contribution in [0.5, 0.6) is 0 Å². The number of likely N-dealkylation sites (N-methyl/N-ethyl adjacent to an activating group) is 1. The molecular formula is C11H16N2O. The third kappa shape index (κ3) is 2.30. The monoisotopic (exact) mass is 192 g/mol. The lowest BCUT2D eigenvalue weighted by Crippen LogP contribution is -2.47. The molecule has 0 radical (unpaired) electrons. The molecule has 0 aliphatic carbocycles. The van der Waals surface area contributed by atoms with Gasteiger partial charge in [0, 0.05) is 18.4 Å². The SMILES string of the molecule is CN1CC[C@H]1COCc1cccnc1. The van der Waals surface area contributed by atoms with Crippen LogP contribution in [0.3, 0.4) is 0 Å². The van der Waals surface area contributed by atoms with Gasteiger partial charge in [-0.15, -0.1) is 0 Å². The summed E-state index contributed by atoms with van der Waals surface area (Å²) in [7, 11) is 2.14. The van der Waals surface area contributed by atoms with E-state index in [-0.39, 0.29) is 0 Å². The molecule has 1 aromatic rings. The van der Waals surface area contributed by atoms with Crippen LogP contribution >= 0.6 is 0 Å². The smallest absolute Gasteiger partial charge is 0.0732 e. The summed E-state index contributed by atoms with van der Waals surface area (Å²) in [6.07, 6.45) is 4.90. The Labute approximate surface area is 84.7 Å². The predicted molar refractivity (Wildman–Crippen MR) is 54.9 cm³/mol. The van der Waals surface area contributed by atoms with Gasteiger partial charge in [0.2, 0.25) is 0 Å². The van der Waals surface area contributed by atoms with Gasteiger partial charge in [0.05, 0.1) is 13.2 Å². The molecule has 3 nitrogen and oxygen atoms in total. The molecule has 1 atom stereocenters. The zero-order valence-electron chi connectivity index (χ0n) is 8.52. The first-order valence-electron chi connectivity index (χ1n) is 5.03. The molecule has 0 spiro atoms. The molecule has 0 unspecified atom stereocenters. The Hall–Kier alpha value is -0.930. The summed E-state index contributed by atoms with van der Waals surface area (Å²) in [5.41, 5.74) is 1.15. The molecule has 76 valence electrons. The molecule has 0 N–H and O–H groups in total. The third-order valence-electron chi connectivity index (χ3n) is 2.74. The van der Waals surface area contributed by atoms with E-state index in [2.05, 4.69) is 16.9 Å². The van der Waals surface area contributed by atoms with Gasteiger partial charge in [0.25, 0.3) is 0 Å². The number of pyridine rings is 1. The van der Waals surface area contributed by atoms with Crippen LogP contribution in [-0.2, 0) is 11.3 Å². The predicted octanol–water partition coefficient (Wildman–Crippen LogP) is 1.30. The first kappa shape index (κ1) is 9.62. The molecule has 2 heterocycles. The van der Waals surface area contributed by atoms with Crippen molar-refractivity contribution in [2.24, 2.45) is 0 Å². The van der Waals surface area contributed by atoms with Gasteiger partial charge < -0.3 is 9.64 Å². The molecule has 1 aliphatic rings. The van der Waals surface area contributed by atoms with Crippen LogP contribution in [0.1, 0.15) is 12.0 Å². The van der Waals surface area contributed by atoms with Crippen LogP contribution in [0, 0.1) is 0 Å². The maximum Gasteiger partial charge on any atom is 0.0732 e. The summed E-state index contributed by atoms with van der Waals surface area (Å²) in [5.74, 6) is 0. The van der Waals surface area contributed by atoms with Crippen molar-refractivity contribution in [3.8, 4) is 0 Å². The lowest BCUT2D eigenvalue weighted by atomic mass is 10.1. The molecule has 2 rings (SSSR count). The number of hydrogen-bond donors (Lipinski definition) is 0. The van der Waals surface area contributed by atoms with Crippen molar-refractivity contribution in [1.82, 2.24) is 9.88 Å². The minimum atomic E-state index is 0.631. The van der Waals surface area contributed by atoms with Gasteiger partial charge in [-0.05, 0) is 31.6 Å². The van der Waals surface area contributed by atoms with Crippen molar-refractivity contribution in [2.75, 3.05) is 20.2 Å². The standard InChI is InChI=1S/C11H16N2O/c1-13-6-4-11(13)9-14-8-10-3-2-5-12-7-10/h2-3,5,7,11H,4,6,8-9H2,1H3/t11-/m0/s1. The minimum Gasteiger partial charge on any atom is -0.375 e. The van der Waals surface area contributed by atoms with Gasteiger partial charge in [-0.2, -0.15) is 0 Å². The van der Waals surface area contributed by atoms with E-state index < -0.39 is 0 Å². The van der Waals surface area contributed by atoms with Crippen LogP contribution in [0.25, 0.3) is 0 Å². The van der Waals surface area contributed by atoms with E-state index >= 15 is 0 Å². The Morgan fingerprint density at radius 2 is 2.57 bits per heavy atom. The van der Waals surface area contributed by atoms with Gasteiger partial charge in [-0.25, -0.2) is 0 Å². The molecule has 0 saturated carbocycles. The summed E-state index contributed by atoms with van der Waals surface area (Å²) in [4.78, 5) is 6.36. The Morgan fingerprint density at radius 3 is 3.14 bits per heavy atom. The van der Waals surface area contributed by atoms with Crippen LogP contribution in [0.2, 0.25) is 0 Å². The second-order valence-electron chi connectivity index (χ2n) is 3.80. The van der Waals surface area contributed by atoms with E-state index in [1.165, 1.54) is 13.0 Å². The molecule has 0 aromatic carbocycles. The summed E-state index contributed by atoms with van der Waals surface area (Å²) in [5, 5.41) is 0. The summed E-state index contributed by atoms with van der Waals surface area (Å²) in [6.45, 7) is 2.73. The largest absolute Gasteiger partial charge is 0.375 e. The van der Waals surface area contributed by atoms with Crippen molar-refractivity contribution < 1.29 is 4.74 Å². The molecule has 1 aromatic heterocycles. The average Bonchev–Trinajstić information content (AvgIpc) is 2.24. The van der Waals surface area contributed by atoms with E-state index in [0.29, 0.717) is 12.6 Å².